The number of nitrogens with one attached hydrogen (secondary N) is 1. The summed E-state index contributed by atoms with van der Waals surface area (Å²) in [7, 11) is 0. The first-order valence-corrected chi connectivity index (χ1v) is 12.7. The van der Waals surface area contributed by atoms with Crippen LogP contribution in [0.1, 0.15) is 45.1 Å². The van der Waals surface area contributed by atoms with Crippen LogP contribution in [0.15, 0.2) is 58.5 Å². The summed E-state index contributed by atoms with van der Waals surface area (Å²) < 4.78 is 3.47. The van der Waals surface area contributed by atoms with Crippen LogP contribution in [0.3, 0.4) is 0 Å². The highest BCUT2D eigenvalue weighted by Gasteiger charge is 2.27. The van der Waals surface area contributed by atoms with Crippen LogP contribution in [0.25, 0.3) is 22.4 Å². The monoisotopic (exact) mass is 475 g/mol. The number of benzene rings is 2. The van der Waals surface area contributed by atoms with Crippen molar-refractivity contribution in [2.45, 2.75) is 62.9 Å². The molecule has 1 saturated carbocycles. The maximum Gasteiger partial charge on any atom is 0.267 e. The molecule has 1 N–H and O–H groups in total. The maximum atomic E-state index is 13.4. The van der Waals surface area contributed by atoms with Gasteiger partial charge in [-0.05, 0) is 56.9 Å². The number of carbonyl (C=O) groups excluding carboxylic acids is 1. The van der Waals surface area contributed by atoms with Gasteiger partial charge in [0.25, 0.3) is 5.56 Å². The summed E-state index contributed by atoms with van der Waals surface area (Å²) in [6.07, 6.45) is 4.59. The Hall–Kier alpha value is -3.13. The molecule has 0 radical (unpaired) electrons. The van der Waals surface area contributed by atoms with E-state index in [1.807, 2.05) is 66.8 Å². The van der Waals surface area contributed by atoms with Gasteiger partial charge >= 0.3 is 0 Å². The second-order valence-electron chi connectivity index (χ2n) is 9.25. The number of para-hydroxylation sites is 1. The van der Waals surface area contributed by atoms with E-state index in [2.05, 4.69) is 22.4 Å². The van der Waals surface area contributed by atoms with Crippen LogP contribution in [0.5, 0.6) is 0 Å². The molecule has 7 nitrogen and oxygen atoms in total. The van der Waals surface area contributed by atoms with Crippen molar-refractivity contribution >= 4 is 34.3 Å². The highest BCUT2D eigenvalue weighted by atomic mass is 32.2. The van der Waals surface area contributed by atoms with Crippen LogP contribution in [0.2, 0.25) is 0 Å². The van der Waals surface area contributed by atoms with Crippen molar-refractivity contribution in [3.05, 3.63) is 64.4 Å². The van der Waals surface area contributed by atoms with Crippen LogP contribution in [-0.4, -0.2) is 36.4 Å². The van der Waals surface area contributed by atoms with Gasteiger partial charge in [-0.3, -0.25) is 14.0 Å². The Morgan fingerprint density at radius 1 is 1.09 bits per heavy atom. The van der Waals surface area contributed by atoms with Crippen LogP contribution < -0.4 is 10.9 Å². The molecule has 1 aliphatic carbocycles. The van der Waals surface area contributed by atoms with E-state index in [9.17, 15) is 9.59 Å². The van der Waals surface area contributed by atoms with Gasteiger partial charge in [-0.25, -0.2) is 4.57 Å². The Labute approximate surface area is 202 Å². The van der Waals surface area contributed by atoms with E-state index < -0.39 is 0 Å². The number of carbonyl (C=O) groups is 1. The van der Waals surface area contributed by atoms with Gasteiger partial charge in [-0.15, -0.1) is 10.2 Å². The molecule has 3 atom stereocenters. The van der Waals surface area contributed by atoms with E-state index in [0.29, 0.717) is 22.2 Å². The van der Waals surface area contributed by atoms with E-state index in [0.717, 1.165) is 36.0 Å². The molecule has 3 unspecified atom stereocenters. The summed E-state index contributed by atoms with van der Waals surface area (Å²) in [5.74, 6) is 0.942. The van der Waals surface area contributed by atoms with Crippen LogP contribution in [-0.2, 0) is 4.79 Å². The SMILES string of the molecule is Cc1ccc(-n2c(=O)c3ccccc3n3c(SC(C)C(=O)NC4CCCCC4C)nnc23)cc1. The Morgan fingerprint density at radius 2 is 1.82 bits per heavy atom. The zero-order valence-corrected chi connectivity index (χ0v) is 20.5. The molecule has 176 valence electrons. The third kappa shape index (κ3) is 4.11. The zero-order chi connectivity index (χ0) is 23.8. The lowest BCUT2D eigenvalue weighted by atomic mass is 9.86. The van der Waals surface area contributed by atoms with Gasteiger partial charge in [0.15, 0.2) is 5.16 Å². The third-order valence-corrected chi connectivity index (χ3v) is 7.82. The van der Waals surface area contributed by atoms with Crippen molar-refractivity contribution in [2.24, 2.45) is 5.92 Å². The molecule has 0 saturated heterocycles. The molecule has 1 fully saturated rings. The molecular weight excluding hydrogens is 446 g/mol. The molecule has 2 aromatic carbocycles. The van der Waals surface area contributed by atoms with Crippen LogP contribution >= 0.6 is 11.8 Å². The number of nitrogens with zero attached hydrogens (tertiary/aromatic N) is 4. The van der Waals surface area contributed by atoms with Crippen molar-refractivity contribution in [1.82, 2.24) is 24.5 Å². The molecule has 1 amide bonds. The summed E-state index contributed by atoms with van der Waals surface area (Å²) in [4.78, 5) is 26.4. The molecular formula is C26H29N5O2S. The Balaban J connectivity index is 1.54. The van der Waals surface area contributed by atoms with E-state index in [4.69, 9.17) is 0 Å². The lowest BCUT2D eigenvalue weighted by Gasteiger charge is -2.30. The fourth-order valence-corrected chi connectivity index (χ4v) is 5.59. The number of aromatic nitrogens is 4. The minimum atomic E-state index is -0.347. The van der Waals surface area contributed by atoms with Gasteiger partial charge in [0.05, 0.1) is 21.8 Å². The first-order chi connectivity index (χ1) is 16.4. The van der Waals surface area contributed by atoms with Gasteiger partial charge in [0.1, 0.15) is 0 Å². The second kappa shape index (κ2) is 9.25. The van der Waals surface area contributed by atoms with Crippen molar-refractivity contribution in [3.8, 4) is 5.69 Å². The van der Waals surface area contributed by atoms with Crippen molar-refractivity contribution in [2.75, 3.05) is 0 Å². The molecule has 2 aromatic heterocycles. The van der Waals surface area contributed by atoms with E-state index in [1.165, 1.54) is 18.2 Å². The van der Waals surface area contributed by atoms with Gasteiger partial charge in [-0.2, -0.15) is 0 Å². The number of rotatable bonds is 5. The minimum Gasteiger partial charge on any atom is -0.352 e. The second-order valence-corrected chi connectivity index (χ2v) is 10.6. The predicted octanol–water partition coefficient (Wildman–Crippen LogP) is 4.52. The molecule has 4 aromatic rings. The van der Waals surface area contributed by atoms with E-state index in [1.54, 1.807) is 4.57 Å². The highest BCUT2D eigenvalue weighted by molar-refractivity contribution is 8.00. The Morgan fingerprint density at radius 3 is 2.59 bits per heavy atom. The van der Waals surface area contributed by atoms with Crippen LogP contribution in [0.4, 0.5) is 0 Å². The summed E-state index contributed by atoms with van der Waals surface area (Å²) in [6, 6.07) is 15.5. The number of hydrogen-bond acceptors (Lipinski definition) is 5. The van der Waals surface area contributed by atoms with E-state index in [-0.39, 0.29) is 22.8 Å². The molecule has 0 spiro atoms. The summed E-state index contributed by atoms with van der Waals surface area (Å²) in [5, 5.41) is 12.9. The zero-order valence-electron chi connectivity index (χ0n) is 19.7. The molecule has 34 heavy (non-hydrogen) atoms. The summed E-state index contributed by atoms with van der Waals surface area (Å²) in [5.41, 5.74) is 2.42. The maximum absolute atomic E-state index is 13.4. The Kier molecular flexibility index (Phi) is 6.16. The minimum absolute atomic E-state index is 0.0108. The summed E-state index contributed by atoms with van der Waals surface area (Å²) in [6.45, 7) is 6.12. The molecule has 0 aliphatic heterocycles. The number of amides is 1. The Bertz CT molecular complexity index is 1410. The topological polar surface area (TPSA) is 81.3 Å². The van der Waals surface area contributed by atoms with Crippen molar-refractivity contribution in [3.63, 3.8) is 0 Å². The highest BCUT2D eigenvalue weighted by Crippen LogP contribution is 2.28. The van der Waals surface area contributed by atoms with Gasteiger partial charge in [0, 0.05) is 6.04 Å². The molecule has 5 rings (SSSR count). The fourth-order valence-electron chi connectivity index (χ4n) is 4.72. The number of fused-ring (bicyclic) bond motifs is 3. The van der Waals surface area contributed by atoms with Gasteiger partial charge < -0.3 is 5.32 Å². The van der Waals surface area contributed by atoms with Gasteiger partial charge in [-0.1, -0.05) is 61.4 Å². The predicted molar refractivity (Wildman–Crippen MR) is 136 cm³/mol. The van der Waals surface area contributed by atoms with Crippen molar-refractivity contribution < 1.29 is 4.79 Å². The quantitative estimate of drug-likeness (QED) is 0.429. The number of thioether (sulfide) groups is 1. The smallest absolute Gasteiger partial charge is 0.267 e. The molecule has 2 heterocycles. The molecule has 1 aliphatic rings. The normalized spacial score (nSPS) is 19.4. The van der Waals surface area contributed by atoms with Crippen LogP contribution in [0, 0.1) is 12.8 Å². The first-order valence-electron chi connectivity index (χ1n) is 11.9. The average molecular weight is 476 g/mol. The third-order valence-electron chi connectivity index (χ3n) is 6.78. The fraction of sp³-hybridized carbons (Fsp3) is 0.385. The molecule has 0 bridgehead atoms. The largest absolute Gasteiger partial charge is 0.352 e. The van der Waals surface area contributed by atoms with Crippen molar-refractivity contribution in [1.29, 1.82) is 0 Å². The first kappa shape index (κ1) is 22.7. The number of hydrogen-bond donors (Lipinski definition) is 1. The molecule has 8 heteroatoms. The number of aryl methyl sites for hydroxylation is 1. The van der Waals surface area contributed by atoms with Gasteiger partial charge in [0.2, 0.25) is 11.7 Å². The summed E-state index contributed by atoms with van der Waals surface area (Å²) >= 11 is 1.37. The van der Waals surface area contributed by atoms with E-state index >= 15 is 0 Å². The standard InChI is InChI=1S/C26H29N5O2S/c1-16-12-14-19(15-13-16)30-24(33)20-9-5-7-11-22(20)31-25(30)28-29-26(31)34-18(3)23(32)27-21-10-6-4-8-17(21)2/h5,7,9,11-15,17-18,21H,4,6,8,10H2,1-3H3,(H,27,32). The lowest BCUT2D eigenvalue weighted by Crippen LogP contribution is -2.44. The lowest BCUT2D eigenvalue weighted by molar-refractivity contribution is -0.121. The average Bonchev–Trinajstić information content (AvgIpc) is 3.25.